The van der Waals surface area contributed by atoms with Crippen molar-refractivity contribution in [1.29, 1.82) is 5.26 Å². The average molecular weight is 355 g/mol. The minimum Gasteiger partial charge on any atom is -0.306 e. The summed E-state index contributed by atoms with van der Waals surface area (Å²) >= 11 is 0. The average Bonchev–Trinajstić information content (AvgIpc) is 2.63. The number of amides is 1. The van der Waals surface area contributed by atoms with Crippen molar-refractivity contribution < 1.29 is 13.6 Å². The first-order chi connectivity index (χ1) is 12.5. The molecule has 1 aromatic carbocycles. The number of nitrogens with one attached hydrogen (secondary N) is 1. The van der Waals surface area contributed by atoms with Crippen LogP contribution in [0.5, 0.6) is 0 Å². The van der Waals surface area contributed by atoms with Crippen LogP contribution in [-0.2, 0) is 0 Å². The molecule has 3 rings (SSSR count). The maximum absolute atomic E-state index is 13.6. The Morgan fingerprint density at radius 3 is 2.77 bits per heavy atom. The van der Waals surface area contributed by atoms with Gasteiger partial charge < -0.3 is 10.2 Å². The lowest BCUT2D eigenvalue weighted by Gasteiger charge is -2.25. The Morgan fingerprint density at radius 2 is 2.12 bits per heavy atom. The van der Waals surface area contributed by atoms with Gasteiger partial charge in [0, 0.05) is 12.6 Å². The van der Waals surface area contributed by atoms with Crippen molar-refractivity contribution in [2.45, 2.75) is 13.3 Å². The van der Waals surface area contributed by atoms with Gasteiger partial charge in [0.25, 0.3) is 5.91 Å². The molecule has 0 fully saturated rings. The lowest BCUT2D eigenvalue weighted by Crippen LogP contribution is -2.26. The molecule has 1 aliphatic rings. The summed E-state index contributed by atoms with van der Waals surface area (Å²) in [6, 6.07) is 2.71. The van der Waals surface area contributed by atoms with Gasteiger partial charge in [0.15, 0.2) is 12.0 Å². The van der Waals surface area contributed by atoms with E-state index in [0.29, 0.717) is 24.8 Å². The number of nitrogens with zero attached hydrogens (tertiary/aromatic N) is 4. The summed E-state index contributed by atoms with van der Waals surface area (Å²) in [5, 5.41) is 11.5. The van der Waals surface area contributed by atoms with E-state index >= 15 is 0 Å². The van der Waals surface area contributed by atoms with Gasteiger partial charge >= 0.3 is 0 Å². The van der Waals surface area contributed by atoms with Crippen molar-refractivity contribution in [3.8, 4) is 6.19 Å². The van der Waals surface area contributed by atoms with Crippen LogP contribution in [-0.4, -0.2) is 33.9 Å². The van der Waals surface area contributed by atoms with Gasteiger partial charge in [0.2, 0.25) is 0 Å². The van der Waals surface area contributed by atoms with E-state index in [9.17, 15) is 13.6 Å². The number of hydrogen-bond donors (Lipinski definition) is 1. The van der Waals surface area contributed by atoms with Crippen LogP contribution in [0.2, 0.25) is 0 Å². The quantitative estimate of drug-likeness (QED) is 0.856. The van der Waals surface area contributed by atoms with E-state index in [1.54, 1.807) is 4.90 Å². The minimum atomic E-state index is -0.952. The van der Waals surface area contributed by atoms with Crippen molar-refractivity contribution in [1.82, 2.24) is 14.9 Å². The number of hydrogen-bond acceptors (Lipinski definition) is 5. The van der Waals surface area contributed by atoms with Crippen molar-refractivity contribution in [2.75, 3.05) is 18.4 Å². The highest BCUT2D eigenvalue weighted by Crippen LogP contribution is 2.24. The third kappa shape index (κ3) is 3.67. The zero-order valence-electron chi connectivity index (χ0n) is 14.0. The predicted octanol–water partition coefficient (Wildman–Crippen LogP) is 2.97. The monoisotopic (exact) mass is 355 g/mol. The molecule has 0 atom stereocenters. The van der Waals surface area contributed by atoms with E-state index in [-0.39, 0.29) is 11.4 Å². The lowest BCUT2D eigenvalue weighted by atomic mass is 9.99. The zero-order valence-corrected chi connectivity index (χ0v) is 14.0. The molecule has 0 saturated heterocycles. The molecule has 2 heterocycles. The van der Waals surface area contributed by atoms with Crippen LogP contribution in [0.3, 0.4) is 0 Å². The summed E-state index contributed by atoms with van der Waals surface area (Å²) in [6.45, 7) is 3.12. The second-order valence-corrected chi connectivity index (χ2v) is 5.90. The normalized spacial score (nSPS) is 14.2. The van der Waals surface area contributed by atoms with Crippen LogP contribution < -0.4 is 5.32 Å². The number of aromatic nitrogens is 2. The molecule has 1 N–H and O–H groups in total. The Bertz CT molecular complexity index is 918. The third-order valence-corrected chi connectivity index (χ3v) is 4.14. The first-order valence-electron chi connectivity index (χ1n) is 7.90. The van der Waals surface area contributed by atoms with Gasteiger partial charge in [-0.3, -0.25) is 9.78 Å². The van der Waals surface area contributed by atoms with Gasteiger partial charge in [-0.05, 0) is 31.1 Å². The Hall–Kier alpha value is -3.34. The summed E-state index contributed by atoms with van der Waals surface area (Å²) in [5.74, 6) is -2.31. The van der Waals surface area contributed by atoms with Crippen molar-refractivity contribution in [3.63, 3.8) is 0 Å². The summed E-state index contributed by atoms with van der Waals surface area (Å²) < 4.78 is 26.6. The first-order valence-corrected chi connectivity index (χ1v) is 7.90. The summed E-state index contributed by atoms with van der Waals surface area (Å²) in [4.78, 5) is 22.1. The smallest absolute Gasteiger partial charge is 0.259 e. The van der Waals surface area contributed by atoms with E-state index < -0.39 is 17.5 Å². The molecule has 2 aromatic rings. The number of carbonyl (C=O) groups excluding carboxylic acids is 1. The van der Waals surface area contributed by atoms with E-state index in [1.807, 2.05) is 6.92 Å². The Morgan fingerprint density at radius 1 is 1.31 bits per heavy atom. The summed E-state index contributed by atoms with van der Waals surface area (Å²) in [6.07, 6.45) is 5.75. The van der Waals surface area contributed by atoms with Gasteiger partial charge in [-0.1, -0.05) is 5.57 Å². The molecule has 0 bridgehead atoms. The SMILES string of the molecule is CC1=C(c2cnc(NC(=O)c3ccc(F)cc3F)cn2)CN(C#N)CC1. The van der Waals surface area contributed by atoms with Gasteiger partial charge in [0.1, 0.15) is 11.6 Å². The number of anilines is 1. The third-order valence-electron chi connectivity index (χ3n) is 4.14. The number of carbonyl (C=O) groups is 1. The molecule has 0 unspecified atom stereocenters. The molecule has 0 radical (unpaired) electrons. The van der Waals surface area contributed by atoms with Crippen LogP contribution in [0.4, 0.5) is 14.6 Å². The Balaban J connectivity index is 1.76. The lowest BCUT2D eigenvalue weighted by molar-refractivity contribution is 0.102. The van der Waals surface area contributed by atoms with Gasteiger partial charge in [-0.2, -0.15) is 5.26 Å². The molecule has 132 valence electrons. The van der Waals surface area contributed by atoms with Crippen LogP contribution in [0.1, 0.15) is 29.4 Å². The number of benzene rings is 1. The van der Waals surface area contributed by atoms with Crippen molar-refractivity contribution >= 4 is 17.3 Å². The number of nitriles is 1. The molecule has 0 spiro atoms. The van der Waals surface area contributed by atoms with Crippen molar-refractivity contribution in [3.05, 3.63) is 59.1 Å². The molecule has 0 saturated carbocycles. The van der Waals surface area contributed by atoms with Crippen molar-refractivity contribution in [2.24, 2.45) is 0 Å². The molecular formula is C18H15F2N5O. The van der Waals surface area contributed by atoms with Gasteiger partial charge in [-0.15, -0.1) is 0 Å². The van der Waals surface area contributed by atoms with Gasteiger partial charge in [-0.25, -0.2) is 13.8 Å². The second-order valence-electron chi connectivity index (χ2n) is 5.90. The zero-order chi connectivity index (χ0) is 18.7. The van der Waals surface area contributed by atoms with E-state index in [0.717, 1.165) is 29.7 Å². The highest BCUT2D eigenvalue weighted by molar-refractivity contribution is 6.03. The molecule has 6 nitrogen and oxygen atoms in total. The maximum Gasteiger partial charge on any atom is 0.259 e. The summed E-state index contributed by atoms with van der Waals surface area (Å²) in [7, 11) is 0. The van der Waals surface area contributed by atoms with Gasteiger partial charge in [0.05, 0.1) is 30.2 Å². The fourth-order valence-electron chi connectivity index (χ4n) is 2.65. The second kappa shape index (κ2) is 7.27. The van der Waals surface area contributed by atoms with E-state index in [4.69, 9.17) is 5.26 Å². The highest BCUT2D eigenvalue weighted by atomic mass is 19.1. The fourth-order valence-corrected chi connectivity index (χ4v) is 2.65. The van der Waals surface area contributed by atoms with Crippen LogP contribution >= 0.6 is 0 Å². The Kier molecular flexibility index (Phi) is 4.89. The minimum absolute atomic E-state index is 0.147. The predicted molar refractivity (Wildman–Crippen MR) is 90.7 cm³/mol. The van der Waals surface area contributed by atoms with Crippen LogP contribution in [0, 0.1) is 23.1 Å². The molecule has 26 heavy (non-hydrogen) atoms. The molecule has 1 amide bonds. The molecule has 8 heteroatoms. The molecular weight excluding hydrogens is 340 g/mol. The molecule has 1 aromatic heterocycles. The topological polar surface area (TPSA) is 81.9 Å². The van der Waals surface area contributed by atoms with Crippen LogP contribution in [0.15, 0.2) is 36.2 Å². The first kappa shape index (κ1) is 17.5. The number of rotatable bonds is 3. The number of halogens is 2. The molecule has 1 aliphatic heterocycles. The fraction of sp³-hybridized carbons (Fsp3) is 0.222. The largest absolute Gasteiger partial charge is 0.306 e. The maximum atomic E-state index is 13.6. The highest BCUT2D eigenvalue weighted by Gasteiger charge is 2.18. The standard InChI is InChI=1S/C18H15F2N5O/c1-11-4-5-25(10-21)9-14(11)16-7-23-17(8-22-16)24-18(26)13-3-2-12(19)6-15(13)20/h2-3,6-8H,4-5,9H2,1H3,(H,23,24,26). The molecule has 0 aliphatic carbocycles. The van der Waals surface area contributed by atoms with Crippen LogP contribution in [0.25, 0.3) is 5.57 Å². The van der Waals surface area contributed by atoms with E-state index in [1.165, 1.54) is 12.4 Å². The Labute approximate surface area is 148 Å². The van der Waals surface area contributed by atoms with E-state index in [2.05, 4.69) is 21.5 Å². The summed E-state index contributed by atoms with van der Waals surface area (Å²) in [5.41, 5.74) is 2.39.